The molecule has 2 fully saturated rings. The van der Waals surface area contributed by atoms with Crippen molar-refractivity contribution in [3.05, 3.63) is 46.6 Å². The maximum Gasteiger partial charge on any atom is 0.243 e. The molecule has 0 unspecified atom stereocenters. The van der Waals surface area contributed by atoms with E-state index in [1.54, 1.807) is 31.3 Å². The van der Waals surface area contributed by atoms with Crippen LogP contribution in [0, 0.1) is 0 Å². The van der Waals surface area contributed by atoms with Gasteiger partial charge in [0.25, 0.3) is 0 Å². The molecule has 36 heavy (non-hydrogen) atoms. The molecule has 0 atom stereocenters. The van der Waals surface area contributed by atoms with E-state index in [1.807, 2.05) is 4.57 Å². The average Bonchev–Trinajstić information content (AvgIpc) is 3.33. The summed E-state index contributed by atoms with van der Waals surface area (Å²) in [6, 6.07) is 9.37. The van der Waals surface area contributed by atoms with Gasteiger partial charge in [-0.05, 0) is 62.1 Å². The first-order chi connectivity index (χ1) is 17.2. The van der Waals surface area contributed by atoms with Gasteiger partial charge in [0, 0.05) is 44.0 Å². The average molecular weight is 532 g/mol. The molecule has 8 nitrogen and oxygen atoms in total. The molecule has 2 aliphatic heterocycles. The number of aryl methyl sites for hydroxylation is 1. The largest absolute Gasteiger partial charge is 0.343 e. The third-order valence-electron chi connectivity index (χ3n) is 7.55. The number of benzene rings is 2. The van der Waals surface area contributed by atoms with Crippen molar-refractivity contribution in [3.8, 4) is 0 Å². The smallest absolute Gasteiger partial charge is 0.243 e. The zero-order valence-corrected chi connectivity index (χ0v) is 22.3. The van der Waals surface area contributed by atoms with Crippen molar-refractivity contribution in [2.24, 2.45) is 7.05 Å². The number of fused-ring (bicyclic) bond motifs is 2. The van der Waals surface area contributed by atoms with Gasteiger partial charge < -0.3 is 4.57 Å². The van der Waals surface area contributed by atoms with Gasteiger partial charge in [-0.25, -0.2) is 16.8 Å². The second-order valence-corrected chi connectivity index (χ2v) is 13.8. The number of hydrogen-bond donors (Lipinski definition) is 0. The number of hydrogen-bond acceptors (Lipinski definition) is 5. The Morgan fingerprint density at radius 1 is 0.583 bits per heavy atom. The van der Waals surface area contributed by atoms with Gasteiger partial charge in [-0.2, -0.15) is 8.61 Å². The minimum absolute atomic E-state index is 0.0988. The molecule has 3 heterocycles. The van der Waals surface area contributed by atoms with Crippen LogP contribution >= 0.6 is 0 Å². The maximum absolute atomic E-state index is 13.6. The van der Waals surface area contributed by atoms with Crippen molar-refractivity contribution in [2.45, 2.75) is 61.2 Å². The van der Waals surface area contributed by atoms with Crippen LogP contribution < -0.4 is 5.43 Å². The molecular weight excluding hydrogens is 498 g/mol. The molecule has 0 saturated carbocycles. The van der Waals surface area contributed by atoms with Crippen molar-refractivity contribution in [1.29, 1.82) is 0 Å². The van der Waals surface area contributed by atoms with Gasteiger partial charge in [-0.3, -0.25) is 4.79 Å². The molecule has 1 aromatic heterocycles. The lowest BCUT2D eigenvalue weighted by Gasteiger charge is -2.21. The Kier molecular flexibility index (Phi) is 6.97. The fourth-order valence-electron chi connectivity index (χ4n) is 5.44. The summed E-state index contributed by atoms with van der Waals surface area (Å²) >= 11 is 0. The standard InChI is InChI=1S/C26H33N3O5S2/c1-27-24-12-10-20(35(31,32)28-14-6-2-3-7-15-28)18-22(24)26(30)23-19-21(11-13-25(23)27)36(33,34)29-16-8-4-5-9-17-29/h10-13,18-19H,2-9,14-17H2,1H3. The summed E-state index contributed by atoms with van der Waals surface area (Å²) in [5.74, 6) is 0. The van der Waals surface area contributed by atoms with E-state index in [-0.39, 0.29) is 26.0 Å². The first kappa shape index (κ1) is 25.4. The molecule has 0 N–H and O–H groups in total. The van der Waals surface area contributed by atoms with Gasteiger partial charge in [0.2, 0.25) is 20.0 Å². The molecular formula is C26H33N3O5S2. The van der Waals surface area contributed by atoms with Crippen molar-refractivity contribution >= 4 is 41.9 Å². The molecule has 2 aliphatic rings. The Morgan fingerprint density at radius 2 is 0.944 bits per heavy atom. The van der Waals surface area contributed by atoms with Crippen molar-refractivity contribution in [3.63, 3.8) is 0 Å². The van der Waals surface area contributed by atoms with Gasteiger partial charge in [0.05, 0.1) is 20.8 Å². The van der Waals surface area contributed by atoms with Crippen LogP contribution in [0.1, 0.15) is 51.4 Å². The molecule has 0 aliphatic carbocycles. The number of sulfonamides is 2. The topological polar surface area (TPSA) is 96.8 Å². The van der Waals surface area contributed by atoms with E-state index in [9.17, 15) is 21.6 Å². The summed E-state index contributed by atoms with van der Waals surface area (Å²) in [5.41, 5.74) is 0.842. The van der Waals surface area contributed by atoms with Crippen LogP contribution in [0.5, 0.6) is 0 Å². The first-order valence-electron chi connectivity index (χ1n) is 12.8. The fourth-order valence-corrected chi connectivity index (χ4v) is 8.52. The number of nitrogens with zero attached hydrogens (tertiary/aromatic N) is 3. The minimum atomic E-state index is -3.73. The van der Waals surface area contributed by atoms with E-state index >= 15 is 0 Å². The summed E-state index contributed by atoms with van der Waals surface area (Å²) < 4.78 is 58.3. The normalized spacial score (nSPS) is 19.4. The van der Waals surface area contributed by atoms with Gasteiger partial charge in [-0.15, -0.1) is 0 Å². The highest BCUT2D eigenvalue weighted by molar-refractivity contribution is 7.89. The Balaban J connectivity index is 1.63. The monoisotopic (exact) mass is 531 g/mol. The predicted octanol–water partition coefficient (Wildman–Crippen LogP) is 3.82. The second kappa shape index (κ2) is 9.89. The van der Waals surface area contributed by atoms with Gasteiger partial charge >= 0.3 is 0 Å². The Bertz CT molecular complexity index is 1450. The Hall–Kier alpha value is -2.27. The fraction of sp³-hybridized carbons (Fsp3) is 0.500. The molecule has 0 amide bonds. The van der Waals surface area contributed by atoms with Crippen LogP contribution in [0.15, 0.2) is 51.0 Å². The lowest BCUT2D eigenvalue weighted by Crippen LogP contribution is -2.32. The summed E-state index contributed by atoms with van der Waals surface area (Å²) in [6.45, 7) is 1.92. The Labute approximate surface area is 212 Å². The van der Waals surface area contributed by atoms with E-state index in [1.165, 1.54) is 20.7 Å². The molecule has 2 saturated heterocycles. The van der Waals surface area contributed by atoms with Crippen LogP contribution in [-0.2, 0) is 27.1 Å². The van der Waals surface area contributed by atoms with Crippen molar-refractivity contribution in [2.75, 3.05) is 26.2 Å². The highest BCUT2D eigenvalue weighted by atomic mass is 32.2. The zero-order valence-electron chi connectivity index (χ0n) is 20.6. The Morgan fingerprint density at radius 3 is 1.31 bits per heavy atom. The SMILES string of the molecule is Cn1c2ccc(S(=O)(=O)N3CCCCCC3)cc2c(=O)c2cc(S(=O)(=O)N3CCCCCC3)ccc21. The first-order valence-corrected chi connectivity index (χ1v) is 15.7. The number of pyridine rings is 1. The second-order valence-electron chi connectivity index (χ2n) is 9.88. The molecule has 5 rings (SSSR count). The predicted molar refractivity (Wildman–Crippen MR) is 141 cm³/mol. The molecule has 0 spiro atoms. The lowest BCUT2D eigenvalue weighted by atomic mass is 10.1. The lowest BCUT2D eigenvalue weighted by molar-refractivity contribution is 0.423. The summed E-state index contributed by atoms with van der Waals surface area (Å²) in [5, 5.41) is 0.537. The van der Waals surface area contributed by atoms with E-state index in [4.69, 9.17) is 0 Å². The molecule has 0 bridgehead atoms. The van der Waals surface area contributed by atoms with Crippen LogP contribution in [0.2, 0.25) is 0 Å². The van der Waals surface area contributed by atoms with E-state index in [0.29, 0.717) is 37.2 Å². The number of rotatable bonds is 4. The van der Waals surface area contributed by atoms with E-state index < -0.39 is 20.0 Å². The van der Waals surface area contributed by atoms with Gasteiger partial charge in [0.1, 0.15) is 0 Å². The molecule has 2 aromatic carbocycles. The molecule has 3 aromatic rings. The minimum Gasteiger partial charge on any atom is -0.343 e. The molecule has 0 radical (unpaired) electrons. The van der Waals surface area contributed by atoms with Crippen LogP contribution in [0.25, 0.3) is 21.8 Å². The highest BCUT2D eigenvalue weighted by Gasteiger charge is 2.28. The summed E-state index contributed by atoms with van der Waals surface area (Å²) in [4.78, 5) is 13.8. The quantitative estimate of drug-likeness (QED) is 0.477. The third kappa shape index (κ3) is 4.49. The number of aromatic nitrogens is 1. The van der Waals surface area contributed by atoms with Crippen LogP contribution in [0.3, 0.4) is 0 Å². The third-order valence-corrected chi connectivity index (χ3v) is 11.3. The maximum atomic E-state index is 13.6. The van der Waals surface area contributed by atoms with Crippen LogP contribution in [0.4, 0.5) is 0 Å². The molecule has 194 valence electrons. The van der Waals surface area contributed by atoms with Crippen molar-refractivity contribution in [1.82, 2.24) is 13.2 Å². The van der Waals surface area contributed by atoms with Gasteiger partial charge in [-0.1, -0.05) is 25.7 Å². The van der Waals surface area contributed by atoms with E-state index in [2.05, 4.69) is 0 Å². The summed E-state index contributed by atoms with van der Waals surface area (Å²) in [7, 11) is -5.65. The van der Waals surface area contributed by atoms with Gasteiger partial charge in [0.15, 0.2) is 5.43 Å². The zero-order chi connectivity index (χ0) is 25.5. The van der Waals surface area contributed by atoms with Crippen molar-refractivity contribution < 1.29 is 16.8 Å². The van der Waals surface area contributed by atoms with Crippen LogP contribution in [-0.4, -0.2) is 56.2 Å². The highest BCUT2D eigenvalue weighted by Crippen LogP contribution is 2.27. The molecule has 10 heteroatoms. The summed E-state index contributed by atoms with van der Waals surface area (Å²) in [6.07, 6.45) is 7.36. The van der Waals surface area contributed by atoms with E-state index in [0.717, 1.165) is 51.4 Å².